The molecule has 26 heavy (non-hydrogen) atoms. The van der Waals surface area contributed by atoms with Gasteiger partial charge in [0, 0.05) is 5.02 Å². The largest absolute Gasteiger partial charge is 0.325 e. The summed E-state index contributed by atoms with van der Waals surface area (Å²) in [7, 11) is 0. The highest BCUT2D eigenvalue weighted by molar-refractivity contribution is 6.30. The lowest BCUT2D eigenvalue weighted by Crippen LogP contribution is -2.40. The van der Waals surface area contributed by atoms with Crippen LogP contribution in [-0.4, -0.2) is 16.8 Å². The van der Waals surface area contributed by atoms with Gasteiger partial charge in [0.1, 0.15) is 5.54 Å². The maximum atomic E-state index is 13.0. The second-order valence-corrected chi connectivity index (χ2v) is 8.34. The van der Waals surface area contributed by atoms with E-state index in [2.05, 4.69) is 26.1 Å². The number of hydrogen-bond donors (Lipinski definition) is 1. The molecule has 0 saturated carbocycles. The normalized spacial score (nSPS) is 20.4. The van der Waals surface area contributed by atoms with Gasteiger partial charge in [-0.3, -0.25) is 9.69 Å². The Hall–Kier alpha value is -2.33. The zero-order valence-corrected chi connectivity index (χ0v) is 16.2. The molecule has 1 aliphatic rings. The summed E-state index contributed by atoms with van der Waals surface area (Å²) in [4.78, 5) is 26.7. The number of imide groups is 1. The molecule has 1 saturated heterocycles. The Morgan fingerprint density at radius 2 is 1.58 bits per heavy atom. The number of benzene rings is 2. The maximum Gasteiger partial charge on any atom is 0.325 e. The number of carbonyl (C=O) groups is 2. The summed E-state index contributed by atoms with van der Waals surface area (Å²) in [6.07, 6.45) is 0. The van der Waals surface area contributed by atoms with Gasteiger partial charge in [0.2, 0.25) is 0 Å². The van der Waals surface area contributed by atoms with Gasteiger partial charge in [-0.25, -0.2) is 4.79 Å². The van der Waals surface area contributed by atoms with Crippen molar-refractivity contribution in [3.63, 3.8) is 0 Å². The first-order valence-electron chi connectivity index (χ1n) is 8.61. The second kappa shape index (κ2) is 6.44. The number of urea groups is 1. The highest BCUT2D eigenvalue weighted by atomic mass is 35.5. The summed E-state index contributed by atoms with van der Waals surface area (Å²) in [5, 5.41) is 3.47. The third-order valence-electron chi connectivity index (χ3n) is 4.86. The van der Waals surface area contributed by atoms with Crippen molar-refractivity contribution in [3.05, 3.63) is 70.2 Å². The average Bonchev–Trinajstić information content (AvgIpc) is 2.80. The van der Waals surface area contributed by atoms with Crippen molar-refractivity contribution in [1.82, 2.24) is 10.2 Å². The predicted octanol–water partition coefficient (Wildman–Crippen LogP) is 4.60. The van der Waals surface area contributed by atoms with Crippen LogP contribution in [0, 0.1) is 0 Å². The Morgan fingerprint density at radius 3 is 2.12 bits per heavy atom. The van der Waals surface area contributed by atoms with Gasteiger partial charge in [0.15, 0.2) is 0 Å². The summed E-state index contributed by atoms with van der Waals surface area (Å²) in [5.74, 6) is -0.249. The molecule has 3 rings (SSSR count). The summed E-state index contributed by atoms with van der Waals surface area (Å²) in [5.41, 5.74) is 1.79. The van der Waals surface area contributed by atoms with E-state index in [0.29, 0.717) is 5.02 Å². The molecule has 1 fully saturated rings. The predicted molar refractivity (Wildman–Crippen MR) is 103 cm³/mol. The lowest BCUT2D eigenvalue weighted by Gasteiger charge is -2.24. The fourth-order valence-corrected chi connectivity index (χ4v) is 3.24. The van der Waals surface area contributed by atoms with Crippen LogP contribution < -0.4 is 5.32 Å². The van der Waals surface area contributed by atoms with Crippen LogP contribution in [0.4, 0.5) is 4.79 Å². The number of halogens is 1. The fraction of sp³-hybridized carbons (Fsp3) is 0.333. The van der Waals surface area contributed by atoms with E-state index in [1.165, 1.54) is 10.5 Å². The van der Waals surface area contributed by atoms with Crippen molar-refractivity contribution >= 4 is 23.5 Å². The summed E-state index contributed by atoms with van der Waals surface area (Å²) < 4.78 is 0. The molecule has 0 aromatic heterocycles. The quantitative estimate of drug-likeness (QED) is 0.802. The van der Waals surface area contributed by atoms with Crippen LogP contribution in [0.1, 0.15) is 44.4 Å². The average molecular weight is 371 g/mol. The van der Waals surface area contributed by atoms with Gasteiger partial charge in [-0.05, 0) is 41.2 Å². The third-order valence-corrected chi connectivity index (χ3v) is 5.11. The highest BCUT2D eigenvalue weighted by Gasteiger charge is 2.48. The number of nitrogens with one attached hydrogen (secondary N) is 1. The molecule has 4 nitrogen and oxygen atoms in total. The first-order chi connectivity index (χ1) is 12.1. The molecule has 0 radical (unpaired) electrons. The van der Waals surface area contributed by atoms with Gasteiger partial charge >= 0.3 is 6.03 Å². The number of nitrogens with zero attached hydrogens (tertiary/aromatic N) is 1. The van der Waals surface area contributed by atoms with Crippen LogP contribution in [0.5, 0.6) is 0 Å². The second-order valence-electron chi connectivity index (χ2n) is 7.90. The first kappa shape index (κ1) is 18.5. The smallest absolute Gasteiger partial charge is 0.319 e. The molecule has 1 N–H and O–H groups in total. The lowest BCUT2D eigenvalue weighted by molar-refractivity contribution is -0.131. The molecule has 136 valence electrons. The molecule has 1 atom stereocenters. The van der Waals surface area contributed by atoms with Crippen LogP contribution in [-0.2, 0) is 22.3 Å². The molecule has 1 unspecified atom stereocenters. The van der Waals surface area contributed by atoms with Crippen LogP contribution in [0.25, 0.3) is 0 Å². The summed E-state index contributed by atoms with van der Waals surface area (Å²) in [6, 6.07) is 14.6. The molecule has 3 amide bonds. The van der Waals surface area contributed by atoms with E-state index < -0.39 is 5.54 Å². The molecule has 0 bridgehead atoms. The standard InChI is InChI=1S/C21H23ClN2O2/c1-20(2,3)15-7-9-16(10-8-15)21(4)18(25)24(19(26)23-21)13-14-5-11-17(22)12-6-14/h5-12H,13H2,1-4H3,(H,23,26). The fourth-order valence-electron chi connectivity index (χ4n) is 3.11. The van der Waals surface area contributed by atoms with Gasteiger partial charge in [-0.2, -0.15) is 0 Å². The van der Waals surface area contributed by atoms with Crippen LogP contribution in [0.15, 0.2) is 48.5 Å². The third kappa shape index (κ3) is 3.34. The highest BCUT2D eigenvalue weighted by Crippen LogP contribution is 2.31. The minimum atomic E-state index is -1.06. The molecule has 1 aliphatic heterocycles. The van der Waals surface area contributed by atoms with Gasteiger partial charge in [-0.1, -0.05) is 68.8 Å². The SMILES string of the molecule is CC(C)(C)c1ccc(C2(C)NC(=O)N(Cc3ccc(Cl)cc3)C2=O)cc1. The maximum absolute atomic E-state index is 13.0. The van der Waals surface area contributed by atoms with Crippen molar-refractivity contribution in [1.29, 1.82) is 0 Å². The Labute approximate surface area is 159 Å². The number of amides is 3. The molecule has 1 heterocycles. The van der Waals surface area contributed by atoms with E-state index in [9.17, 15) is 9.59 Å². The van der Waals surface area contributed by atoms with Crippen molar-refractivity contribution in [3.8, 4) is 0 Å². The van der Waals surface area contributed by atoms with Crippen molar-refractivity contribution in [2.75, 3.05) is 0 Å². The van der Waals surface area contributed by atoms with Gasteiger partial charge in [0.25, 0.3) is 5.91 Å². The lowest BCUT2D eigenvalue weighted by atomic mass is 9.84. The topological polar surface area (TPSA) is 49.4 Å². The Morgan fingerprint density at radius 1 is 1.00 bits per heavy atom. The van der Waals surface area contributed by atoms with Crippen LogP contribution >= 0.6 is 11.6 Å². The number of rotatable bonds is 3. The van der Waals surface area contributed by atoms with Crippen molar-refractivity contribution in [2.24, 2.45) is 0 Å². The molecular weight excluding hydrogens is 348 g/mol. The number of carbonyl (C=O) groups excluding carboxylic acids is 2. The van der Waals surface area contributed by atoms with E-state index in [1.54, 1.807) is 19.1 Å². The van der Waals surface area contributed by atoms with E-state index in [0.717, 1.165) is 11.1 Å². The van der Waals surface area contributed by atoms with Gasteiger partial charge < -0.3 is 5.32 Å². The zero-order valence-electron chi connectivity index (χ0n) is 15.5. The van der Waals surface area contributed by atoms with Crippen LogP contribution in [0.3, 0.4) is 0 Å². The minimum Gasteiger partial charge on any atom is -0.319 e. The van der Waals surface area contributed by atoms with Crippen LogP contribution in [0.2, 0.25) is 5.02 Å². The van der Waals surface area contributed by atoms with E-state index in [-0.39, 0.29) is 23.9 Å². The molecule has 0 aliphatic carbocycles. The Balaban J connectivity index is 1.85. The van der Waals surface area contributed by atoms with Crippen molar-refractivity contribution in [2.45, 2.75) is 45.2 Å². The zero-order chi connectivity index (χ0) is 19.1. The Kier molecular flexibility index (Phi) is 4.57. The molecule has 5 heteroatoms. The number of hydrogen-bond acceptors (Lipinski definition) is 2. The molecule has 2 aromatic rings. The molecule has 0 spiro atoms. The minimum absolute atomic E-state index is 0.0307. The van der Waals surface area contributed by atoms with E-state index in [1.807, 2.05) is 36.4 Å². The van der Waals surface area contributed by atoms with E-state index in [4.69, 9.17) is 11.6 Å². The van der Waals surface area contributed by atoms with Gasteiger partial charge in [0.05, 0.1) is 6.54 Å². The van der Waals surface area contributed by atoms with Crippen molar-refractivity contribution < 1.29 is 9.59 Å². The molecular formula is C21H23ClN2O2. The monoisotopic (exact) mass is 370 g/mol. The van der Waals surface area contributed by atoms with E-state index >= 15 is 0 Å². The summed E-state index contributed by atoms with van der Waals surface area (Å²) in [6.45, 7) is 8.39. The van der Waals surface area contributed by atoms with Gasteiger partial charge in [-0.15, -0.1) is 0 Å². The molecule has 2 aromatic carbocycles. The summed E-state index contributed by atoms with van der Waals surface area (Å²) >= 11 is 5.90. The Bertz CT molecular complexity index is 838. The first-order valence-corrected chi connectivity index (χ1v) is 8.98.